The highest BCUT2D eigenvalue weighted by Gasteiger charge is 2.64. The normalized spacial score (nSPS) is 29.8. The quantitative estimate of drug-likeness (QED) is 0.501. The van der Waals surface area contributed by atoms with Crippen molar-refractivity contribution in [1.29, 1.82) is 0 Å². The van der Waals surface area contributed by atoms with Gasteiger partial charge in [-0.1, -0.05) is 20.3 Å². The maximum absolute atomic E-state index is 11.8. The molecule has 3 nitrogen and oxygen atoms in total. The fourth-order valence-electron chi connectivity index (χ4n) is 2.16. The van der Waals surface area contributed by atoms with Gasteiger partial charge in [-0.05, 0) is 18.8 Å². The zero-order valence-electron chi connectivity index (χ0n) is 9.13. The molecule has 0 bridgehead atoms. The highest BCUT2D eigenvalue weighted by atomic mass is 16.5. The van der Waals surface area contributed by atoms with Gasteiger partial charge in [-0.25, -0.2) is 0 Å². The Morgan fingerprint density at radius 3 is 2.43 bits per heavy atom. The minimum Gasteiger partial charge on any atom is -0.468 e. The molecule has 0 aliphatic heterocycles. The molecule has 0 radical (unpaired) electrons. The maximum atomic E-state index is 11.8. The summed E-state index contributed by atoms with van der Waals surface area (Å²) >= 11 is 0. The molecule has 1 saturated carbocycles. The van der Waals surface area contributed by atoms with Crippen molar-refractivity contribution >= 4 is 11.8 Å². The van der Waals surface area contributed by atoms with Crippen LogP contribution in [0.5, 0.6) is 0 Å². The van der Waals surface area contributed by atoms with E-state index < -0.39 is 5.41 Å². The van der Waals surface area contributed by atoms with Gasteiger partial charge in [-0.2, -0.15) is 0 Å². The molecule has 0 aromatic carbocycles. The fraction of sp³-hybridized carbons (Fsp3) is 0.818. The lowest BCUT2D eigenvalue weighted by Crippen LogP contribution is -2.29. The Hall–Kier alpha value is -0.860. The summed E-state index contributed by atoms with van der Waals surface area (Å²) in [7, 11) is 1.36. The largest absolute Gasteiger partial charge is 0.468 e. The van der Waals surface area contributed by atoms with Gasteiger partial charge in [0.15, 0.2) is 0 Å². The number of rotatable bonds is 5. The molecule has 1 aliphatic carbocycles. The third-order valence-corrected chi connectivity index (χ3v) is 3.12. The van der Waals surface area contributed by atoms with Crippen molar-refractivity contribution in [3.05, 3.63) is 0 Å². The van der Waals surface area contributed by atoms with E-state index in [1.165, 1.54) is 7.11 Å². The molecule has 0 saturated heterocycles. The number of hydrogen-bond donors (Lipinski definition) is 0. The van der Waals surface area contributed by atoms with Gasteiger partial charge in [-0.15, -0.1) is 0 Å². The molecule has 0 N–H and O–H groups in total. The second kappa shape index (κ2) is 4.11. The molecule has 80 valence electrons. The number of Topliss-reactive ketones (excluding diaryl/α,β-unsaturated/α-hetero) is 1. The van der Waals surface area contributed by atoms with Gasteiger partial charge in [0.05, 0.1) is 7.11 Å². The SMILES string of the molecule is CCCC(=O)C1(C(=O)OC)CC1CC. The average Bonchev–Trinajstić information content (AvgIpc) is 2.92. The predicted molar refractivity (Wildman–Crippen MR) is 52.8 cm³/mol. The van der Waals surface area contributed by atoms with Crippen LogP contribution in [0.2, 0.25) is 0 Å². The van der Waals surface area contributed by atoms with Crippen LogP contribution in [0.25, 0.3) is 0 Å². The van der Waals surface area contributed by atoms with Crippen LogP contribution in [0.4, 0.5) is 0 Å². The summed E-state index contributed by atoms with van der Waals surface area (Å²) < 4.78 is 4.72. The summed E-state index contributed by atoms with van der Waals surface area (Å²) in [5, 5.41) is 0. The van der Waals surface area contributed by atoms with Crippen LogP contribution < -0.4 is 0 Å². The molecule has 1 fully saturated rings. The van der Waals surface area contributed by atoms with Crippen molar-refractivity contribution < 1.29 is 14.3 Å². The van der Waals surface area contributed by atoms with Crippen LogP contribution in [0.15, 0.2) is 0 Å². The molecule has 2 unspecified atom stereocenters. The van der Waals surface area contributed by atoms with E-state index in [2.05, 4.69) is 0 Å². The lowest BCUT2D eigenvalue weighted by Gasteiger charge is -2.12. The standard InChI is InChI=1S/C11H18O3/c1-4-6-9(12)11(10(13)14-3)7-8(11)5-2/h8H,4-7H2,1-3H3. The topological polar surface area (TPSA) is 43.4 Å². The first-order valence-corrected chi connectivity index (χ1v) is 5.25. The lowest BCUT2D eigenvalue weighted by molar-refractivity contribution is -0.152. The molecule has 0 aromatic heterocycles. The number of esters is 1. The van der Waals surface area contributed by atoms with Crippen molar-refractivity contribution in [2.75, 3.05) is 7.11 Å². The minimum atomic E-state index is -0.764. The number of ketones is 1. The van der Waals surface area contributed by atoms with Gasteiger partial charge < -0.3 is 4.74 Å². The Morgan fingerprint density at radius 1 is 1.43 bits per heavy atom. The number of hydrogen-bond acceptors (Lipinski definition) is 3. The minimum absolute atomic E-state index is 0.0682. The summed E-state index contributed by atoms with van der Waals surface area (Å²) in [6.07, 6.45) is 2.86. The molecule has 14 heavy (non-hydrogen) atoms. The Labute approximate surface area is 84.8 Å². The highest BCUT2D eigenvalue weighted by Crippen LogP contribution is 2.56. The predicted octanol–water partition coefficient (Wildman–Crippen LogP) is 1.94. The number of carbonyl (C=O) groups excluding carboxylic acids is 2. The Balaban J connectivity index is 2.75. The highest BCUT2D eigenvalue weighted by molar-refractivity contribution is 6.07. The van der Waals surface area contributed by atoms with E-state index in [-0.39, 0.29) is 17.7 Å². The van der Waals surface area contributed by atoms with Gasteiger partial charge in [0.2, 0.25) is 0 Å². The van der Waals surface area contributed by atoms with Gasteiger partial charge in [0.1, 0.15) is 11.2 Å². The first-order valence-electron chi connectivity index (χ1n) is 5.25. The van der Waals surface area contributed by atoms with Gasteiger partial charge in [-0.3, -0.25) is 9.59 Å². The van der Waals surface area contributed by atoms with E-state index in [9.17, 15) is 9.59 Å². The Morgan fingerprint density at radius 2 is 2.07 bits per heavy atom. The number of ether oxygens (including phenoxy) is 1. The van der Waals surface area contributed by atoms with Gasteiger partial charge in [0.25, 0.3) is 0 Å². The van der Waals surface area contributed by atoms with E-state index in [0.29, 0.717) is 12.8 Å². The van der Waals surface area contributed by atoms with Crippen LogP contribution in [0.3, 0.4) is 0 Å². The molecule has 3 heteroatoms. The second-order valence-electron chi connectivity index (χ2n) is 3.95. The first kappa shape index (κ1) is 11.2. The zero-order chi connectivity index (χ0) is 10.8. The van der Waals surface area contributed by atoms with Crippen LogP contribution in [0, 0.1) is 11.3 Å². The molecule has 0 spiro atoms. The molecule has 0 amide bonds. The van der Waals surface area contributed by atoms with Crippen molar-refractivity contribution in [2.24, 2.45) is 11.3 Å². The van der Waals surface area contributed by atoms with Crippen LogP contribution in [-0.4, -0.2) is 18.9 Å². The molecule has 0 heterocycles. The van der Waals surface area contributed by atoms with Crippen LogP contribution in [0.1, 0.15) is 39.5 Å². The molecule has 1 aliphatic rings. The van der Waals surface area contributed by atoms with Crippen molar-refractivity contribution in [2.45, 2.75) is 39.5 Å². The Kier molecular flexibility index (Phi) is 3.29. The maximum Gasteiger partial charge on any atom is 0.319 e. The van der Waals surface area contributed by atoms with E-state index in [1.54, 1.807) is 0 Å². The van der Waals surface area contributed by atoms with Crippen LogP contribution >= 0.6 is 0 Å². The zero-order valence-corrected chi connectivity index (χ0v) is 9.13. The van der Waals surface area contributed by atoms with Crippen LogP contribution in [-0.2, 0) is 14.3 Å². The van der Waals surface area contributed by atoms with Gasteiger partial charge in [0, 0.05) is 6.42 Å². The third kappa shape index (κ3) is 1.56. The first-order chi connectivity index (χ1) is 6.63. The summed E-state index contributed by atoms with van der Waals surface area (Å²) in [5.41, 5.74) is -0.764. The summed E-state index contributed by atoms with van der Waals surface area (Å²) in [4.78, 5) is 23.3. The van der Waals surface area contributed by atoms with E-state index in [4.69, 9.17) is 4.74 Å². The average molecular weight is 198 g/mol. The summed E-state index contributed by atoms with van der Waals surface area (Å²) in [6, 6.07) is 0. The number of carbonyl (C=O) groups is 2. The lowest BCUT2D eigenvalue weighted by atomic mass is 9.94. The smallest absolute Gasteiger partial charge is 0.319 e. The van der Waals surface area contributed by atoms with E-state index in [0.717, 1.165) is 12.8 Å². The molecule has 1 rings (SSSR count). The van der Waals surface area contributed by atoms with E-state index >= 15 is 0 Å². The third-order valence-electron chi connectivity index (χ3n) is 3.12. The molecular formula is C11H18O3. The van der Waals surface area contributed by atoms with Gasteiger partial charge >= 0.3 is 5.97 Å². The monoisotopic (exact) mass is 198 g/mol. The molecule has 2 atom stereocenters. The molecular weight excluding hydrogens is 180 g/mol. The fourth-order valence-corrected chi connectivity index (χ4v) is 2.16. The van der Waals surface area contributed by atoms with Crippen molar-refractivity contribution in [1.82, 2.24) is 0 Å². The van der Waals surface area contributed by atoms with Crippen molar-refractivity contribution in [3.8, 4) is 0 Å². The number of methoxy groups -OCH3 is 1. The van der Waals surface area contributed by atoms with E-state index in [1.807, 2.05) is 13.8 Å². The summed E-state index contributed by atoms with van der Waals surface area (Å²) in [6.45, 7) is 3.96. The summed E-state index contributed by atoms with van der Waals surface area (Å²) in [5.74, 6) is -0.0458. The Bertz CT molecular complexity index is 247. The second-order valence-corrected chi connectivity index (χ2v) is 3.95. The van der Waals surface area contributed by atoms with Crippen molar-refractivity contribution in [3.63, 3.8) is 0 Å². The molecule has 0 aromatic rings.